The fraction of sp³-hybridized carbons (Fsp3) is 0.500. The van der Waals surface area contributed by atoms with Crippen molar-refractivity contribution < 1.29 is 0 Å². The van der Waals surface area contributed by atoms with Crippen molar-refractivity contribution >= 4 is 0 Å². The van der Waals surface area contributed by atoms with E-state index < -0.39 is 0 Å². The summed E-state index contributed by atoms with van der Waals surface area (Å²) < 4.78 is 2.12. The Hall–Kier alpha value is -1.68. The Bertz CT molecular complexity index is 541. The van der Waals surface area contributed by atoms with Crippen LogP contribution in [0.4, 0.5) is 0 Å². The van der Waals surface area contributed by atoms with Gasteiger partial charge >= 0.3 is 0 Å². The van der Waals surface area contributed by atoms with Crippen molar-refractivity contribution in [2.24, 2.45) is 11.7 Å². The summed E-state index contributed by atoms with van der Waals surface area (Å²) in [6.45, 7) is 0.422. The highest BCUT2D eigenvalue weighted by Gasteiger charge is 2.18. The van der Waals surface area contributed by atoms with Crippen LogP contribution in [0.15, 0.2) is 30.3 Å². The van der Waals surface area contributed by atoms with Crippen molar-refractivity contribution in [3.8, 4) is 5.69 Å². The van der Waals surface area contributed by atoms with Gasteiger partial charge in [0.05, 0.1) is 6.54 Å². The van der Waals surface area contributed by atoms with Crippen molar-refractivity contribution in [3.05, 3.63) is 42.0 Å². The van der Waals surface area contributed by atoms with Gasteiger partial charge in [0.25, 0.3) is 0 Å². The van der Waals surface area contributed by atoms with Gasteiger partial charge in [0, 0.05) is 12.1 Å². The van der Waals surface area contributed by atoms with E-state index in [1.54, 1.807) is 0 Å². The van der Waals surface area contributed by atoms with Crippen LogP contribution >= 0.6 is 0 Å². The molecule has 0 unspecified atom stereocenters. The Labute approximate surface area is 120 Å². The number of rotatable bonds is 5. The zero-order chi connectivity index (χ0) is 13.8. The van der Waals surface area contributed by atoms with Crippen LogP contribution in [0.1, 0.15) is 43.8 Å². The number of benzene rings is 1. The smallest absolute Gasteiger partial charge is 0.151 e. The van der Waals surface area contributed by atoms with E-state index in [9.17, 15) is 0 Å². The fourth-order valence-electron chi connectivity index (χ4n) is 3.16. The van der Waals surface area contributed by atoms with Gasteiger partial charge in [-0.05, 0) is 24.5 Å². The summed E-state index contributed by atoms with van der Waals surface area (Å²) in [5.41, 5.74) is 6.91. The third-order valence-electron chi connectivity index (χ3n) is 4.24. The summed E-state index contributed by atoms with van der Waals surface area (Å²) >= 11 is 0. The molecule has 1 heterocycles. The molecule has 1 aliphatic rings. The van der Waals surface area contributed by atoms with Crippen molar-refractivity contribution in [3.63, 3.8) is 0 Å². The minimum absolute atomic E-state index is 0.422. The molecule has 2 aromatic rings. The predicted octanol–water partition coefficient (Wildman–Crippen LogP) is 2.85. The minimum atomic E-state index is 0.422. The lowest BCUT2D eigenvalue weighted by molar-refractivity contribution is 0.494. The van der Waals surface area contributed by atoms with Gasteiger partial charge < -0.3 is 5.73 Å². The summed E-state index contributed by atoms with van der Waals surface area (Å²) in [7, 11) is 0. The number of aromatic nitrogens is 3. The molecule has 4 nitrogen and oxygen atoms in total. The summed E-state index contributed by atoms with van der Waals surface area (Å²) in [6.07, 6.45) is 7.75. The molecule has 0 atom stereocenters. The maximum Gasteiger partial charge on any atom is 0.151 e. The third kappa shape index (κ3) is 2.75. The second kappa shape index (κ2) is 6.18. The topological polar surface area (TPSA) is 56.7 Å². The average Bonchev–Trinajstić information content (AvgIpc) is 3.15. The number of hydrogen-bond acceptors (Lipinski definition) is 3. The lowest BCUT2D eigenvalue weighted by Gasteiger charge is -2.11. The van der Waals surface area contributed by atoms with Gasteiger partial charge in [0.1, 0.15) is 5.82 Å². The zero-order valence-corrected chi connectivity index (χ0v) is 11.8. The lowest BCUT2D eigenvalue weighted by atomic mass is 10.0. The molecule has 1 aliphatic carbocycles. The van der Waals surface area contributed by atoms with Crippen molar-refractivity contribution in [2.45, 2.75) is 45.1 Å². The lowest BCUT2D eigenvalue weighted by Crippen LogP contribution is -2.10. The van der Waals surface area contributed by atoms with Crippen molar-refractivity contribution in [1.29, 1.82) is 0 Å². The Kier molecular flexibility index (Phi) is 4.11. The Balaban J connectivity index is 1.81. The first kappa shape index (κ1) is 13.3. The van der Waals surface area contributed by atoms with E-state index in [1.165, 1.54) is 32.1 Å². The van der Waals surface area contributed by atoms with Crippen LogP contribution in [0.3, 0.4) is 0 Å². The van der Waals surface area contributed by atoms with Crippen LogP contribution in [0.25, 0.3) is 5.69 Å². The molecule has 0 saturated heterocycles. The van der Waals surface area contributed by atoms with E-state index in [4.69, 9.17) is 5.73 Å². The summed E-state index contributed by atoms with van der Waals surface area (Å²) in [4.78, 5) is 0. The number of nitrogens with zero attached hydrogens (tertiary/aromatic N) is 3. The van der Waals surface area contributed by atoms with Gasteiger partial charge in [-0.15, -0.1) is 10.2 Å². The molecule has 2 N–H and O–H groups in total. The van der Waals surface area contributed by atoms with Gasteiger partial charge in [-0.25, -0.2) is 0 Å². The Morgan fingerprint density at radius 3 is 2.45 bits per heavy atom. The first-order chi connectivity index (χ1) is 9.88. The molecule has 0 bridgehead atoms. The molecule has 1 aromatic heterocycles. The van der Waals surface area contributed by atoms with Crippen LogP contribution in [0.2, 0.25) is 0 Å². The van der Waals surface area contributed by atoms with Crippen LogP contribution < -0.4 is 5.73 Å². The molecule has 1 saturated carbocycles. The minimum Gasteiger partial charge on any atom is -0.324 e. The Morgan fingerprint density at radius 2 is 1.75 bits per heavy atom. The molecule has 3 rings (SSSR count). The number of nitrogens with two attached hydrogens (primary N) is 1. The Morgan fingerprint density at radius 1 is 1.05 bits per heavy atom. The maximum absolute atomic E-state index is 5.80. The molecule has 0 radical (unpaired) electrons. The van der Waals surface area contributed by atoms with E-state index in [0.717, 1.165) is 29.7 Å². The zero-order valence-electron chi connectivity index (χ0n) is 11.8. The number of para-hydroxylation sites is 1. The molecular weight excluding hydrogens is 248 g/mol. The molecule has 4 heteroatoms. The summed E-state index contributed by atoms with van der Waals surface area (Å²) in [5.74, 6) is 2.76. The highest BCUT2D eigenvalue weighted by Crippen LogP contribution is 2.28. The molecule has 0 amide bonds. The van der Waals surface area contributed by atoms with E-state index in [-0.39, 0.29) is 0 Å². The molecule has 1 aromatic carbocycles. The van der Waals surface area contributed by atoms with Gasteiger partial charge in [-0.1, -0.05) is 43.9 Å². The second-order valence-corrected chi connectivity index (χ2v) is 5.60. The fourth-order valence-corrected chi connectivity index (χ4v) is 3.16. The average molecular weight is 270 g/mol. The van der Waals surface area contributed by atoms with Crippen LogP contribution in [0.5, 0.6) is 0 Å². The predicted molar refractivity (Wildman–Crippen MR) is 79.5 cm³/mol. The molecule has 0 spiro atoms. The van der Waals surface area contributed by atoms with Crippen molar-refractivity contribution in [2.75, 3.05) is 0 Å². The monoisotopic (exact) mass is 270 g/mol. The second-order valence-electron chi connectivity index (χ2n) is 5.60. The van der Waals surface area contributed by atoms with Gasteiger partial charge in [-0.3, -0.25) is 4.57 Å². The molecule has 1 fully saturated rings. The van der Waals surface area contributed by atoms with Crippen LogP contribution in [-0.4, -0.2) is 14.8 Å². The van der Waals surface area contributed by atoms with E-state index >= 15 is 0 Å². The SMILES string of the molecule is NCc1nnc(CCC2CCCC2)n1-c1ccccc1. The first-order valence-corrected chi connectivity index (χ1v) is 7.57. The van der Waals surface area contributed by atoms with E-state index in [2.05, 4.69) is 26.9 Å². The largest absolute Gasteiger partial charge is 0.324 e. The molecule has 0 aliphatic heterocycles. The van der Waals surface area contributed by atoms with E-state index in [0.29, 0.717) is 6.54 Å². The maximum atomic E-state index is 5.80. The van der Waals surface area contributed by atoms with Gasteiger partial charge in [0.2, 0.25) is 0 Å². The summed E-state index contributed by atoms with van der Waals surface area (Å²) in [5, 5.41) is 8.60. The quantitative estimate of drug-likeness (QED) is 0.909. The highest BCUT2D eigenvalue weighted by atomic mass is 15.3. The number of hydrogen-bond donors (Lipinski definition) is 1. The third-order valence-corrected chi connectivity index (χ3v) is 4.24. The standard InChI is InChI=1S/C16H22N4/c17-12-16-19-18-15(11-10-13-6-4-5-7-13)20(16)14-8-2-1-3-9-14/h1-3,8-9,13H,4-7,10-12,17H2. The van der Waals surface area contributed by atoms with Crippen molar-refractivity contribution in [1.82, 2.24) is 14.8 Å². The van der Waals surface area contributed by atoms with Crippen LogP contribution in [-0.2, 0) is 13.0 Å². The molecule has 106 valence electrons. The normalized spacial score (nSPS) is 15.8. The molecular formula is C16H22N4. The summed E-state index contributed by atoms with van der Waals surface area (Å²) in [6, 6.07) is 10.3. The van der Waals surface area contributed by atoms with E-state index in [1.807, 2.05) is 18.2 Å². The number of aryl methyl sites for hydroxylation is 1. The highest BCUT2D eigenvalue weighted by molar-refractivity contribution is 5.34. The van der Waals surface area contributed by atoms with Gasteiger partial charge in [0.15, 0.2) is 5.82 Å². The first-order valence-electron chi connectivity index (χ1n) is 7.57. The molecule has 20 heavy (non-hydrogen) atoms. The van der Waals surface area contributed by atoms with Gasteiger partial charge in [-0.2, -0.15) is 0 Å². The van der Waals surface area contributed by atoms with Crippen LogP contribution in [0, 0.1) is 5.92 Å².